The Kier molecular flexibility index (Phi) is 4.33. The summed E-state index contributed by atoms with van der Waals surface area (Å²) in [6, 6.07) is 0.234. The maximum Gasteiger partial charge on any atom is 0.312 e. The summed E-state index contributed by atoms with van der Waals surface area (Å²) in [5.41, 5.74) is 5.53. The monoisotopic (exact) mass is 228 g/mol. The molecule has 0 aromatic rings. The second-order valence-electron chi connectivity index (χ2n) is 5.67. The van der Waals surface area contributed by atoms with E-state index in [1.807, 2.05) is 13.8 Å². The molecule has 0 spiro atoms. The molecule has 0 aliphatic carbocycles. The Morgan fingerprint density at radius 3 is 2.62 bits per heavy atom. The Morgan fingerprint density at radius 1 is 1.50 bits per heavy atom. The number of esters is 1. The van der Waals surface area contributed by atoms with Gasteiger partial charge in [-0.15, -0.1) is 0 Å². The predicted molar refractivity (Wildman–Crippen MR) is 64.0 cm³/mol. The van der Waals surface area contributed by atoms with Crippen LogP contribution < -0.4 is 5.73 Å². The zero-order valence-electron chi connectivity index (χ0n) is 10.8. The van der Waals surface area contributed by atoms with Gasteiger partial charge in [0.1, 0.15) is 0 Å². The summed E-state index contributed by atoms with van der Waals surface area (Å²) in [6.07, 6.45) is 1.08. The number of nitrogens with two attached hydrogens (primary N) is 1. The van der Waals surface area contributed by atoms with Crippen LogP contribution in [0.25, 0.3) is 0 Å². The first-order valence-corrected chi connectivity index (χ1v) is 5.91. The molecular weight excluding hydrogens is 204 g/mol. The maximum absolute atomic E-state index is 11.6. The van der Waals surface area contributed by atoms with Crippen LogP contribution in [0.5, 0.6) is 0 Å². The first-order valence-electron chi connectivity index (χ1n) is 5.91. The Labute approximate surface area is 98.1 Å². The first-order chi connectivity index (χ1) is 7.35. The number of methoxy groups -OCH3 is 1. The Balaban J connectivity index is 2.56. The van der Waals surface area contributed by atoms with Crippen LogP contribution >= 0.6 is 0 Å². The minimum atomic E-state index is -0.453. The number of hydrogen-bond donors (Lipinski definition) is 1. The van der Waals surface area contributed by atoms with Crippen molar-refractivity contribution in [1.82, 2.24) is 4.90 Å². The number of nitrogens with zero attached hydrogens (tertiary/aromatic N) is 1. The minimum absolute atomic E-state index is 0.153. The lowest BCUT2D eigenvalue weighted by Gasteiger charge is -2.38. The number of piperidine rings is 1. The minimum Gasteiger partial charge on any atom is -0.469 e. The van der Waals surface area contributed by atoms with Crippen LogP contribution in [-0.4, -0.2) is 43.7 Å². The zero-order chi connectivity index (χ0) is 12.3. The highest BCUT2D eigenvalue weighted by molar-refractivity contribution is 5.76. The summed E-state index contributed by atoms with van der Waals surface area (Å²) < 4.78 is 4.81. The highest BCUT2D eigenvalue weighted by Crippen LogP contribution is 2.23. The van der Waals surface area contributed by atoms with Crippen LogP contribution in [0, 0.1) is 11.3 Å². The van der Waals surface area contributed by atoms with Crippen molar-refractivity contribution in [2.45, 2.75) is 33.2 Å². The molecule has 2 atom stereocenters. The average molecular weight is 228 g/mol. The molecule has 0 aromatic carbocycles. The molecule has 1 heterocycles. The van der Waals surface area contributed by atoms with E-state index in [1.165, 1.54) is 7.11 Å². The second kappa shape index (κ2) is 5.15. The lowest BCUT2D eigenvalue weighted by atomic mass is 9.89. The van der Waals surface area contributed by atoms with Gasteiger partial charge in [-0.25, -0.2) is 0 Å². The molecule has 1 fully saturated rings. The molecular formula is C12H24N2O2. The molecule has 0 amide bonds. The molecule has 0 aromatic heterocycles. The van der Waals surface area contributed by atoms with Gasteiger partial charge < -0.3 is 15.4 Å². The van der Waals surface area contributed by atoms with Crippen molar-refractivity contribution in [3.63, 3.8) is 0 Å². The molecule has 0 saturated carbocycles. The van der Waals surface area contributed by atoms with Crippen LogP contribution in [0.15, 0.2) is 0 Å². The SMILES string of the molecule is COC(=O)C(C)(C)CN1CC(C)CC(N)C1. The van der Waals surface area contributed by atoms with E-state index in [-0.39, 0.29) is 12.0 Å². The van der Waals surface area contributed by atoms with Gasteiger partial charge >= 0.3 is 5.97 Å². The van der Waals surface area contributed by atoms with Gasteiger partial charge in [0.05, 0.1) is 12.5 Å². The van der Waals surface area contributed by atoms with Gasteiger partial charge in [-0.2, -0.15) is 0 Å². The normalized spacial score (nSPS) is 27.8. The highest BCUT2D eigenvalue weighted by Gasteiger charge is 2.33. The molecule has 1 rings (SSSR count). The van der Waals surface area contributed by atoms with Crippen molar-refractivity contribution in [3.8, 4) is 0 Å². The number of likely N-dealkylation sites (tertiary alicyclic amines) is 1. The Bertz CT molecular complexity index is 243. The van der Waals surface area contributed by atoms with Crippen molar-refractivity contribution in [3.05, 3.63) is 0 Å². The fourth-order valence-electron chi connectivity index (χ4n) is 2.54. The Morgan fingerprint density at radius 2 is 2.12 bits per heavy atom. The quantitative estimate of drug-likeness (QED) is 0.728. The summed E-state index contributed by atoms with van der Waals surface area (Å²) in [4.78, 5) is 13.9. The van der Waals surface area contributed by atoms with Crippen molar-refractivity contribution in [2.24, 2.45) is 17.1 Å². The molecule has 4 heteroatoms. The standard InChI is InChI=1S/C12H24N2O2/c1-9-5-10(13)7-14(6-9)8-12(2,3)11(15)16-4/h9-10H,5-8,13H2,1-4H3. The molecule has 1 aliphatic heterocycles. The van der Waals surface area contributed by atoms with E-state index in [0.717, 1.165) is 26.1 Å². The summed E-state index contributed by atoms with van der Waals surface area (Å²) in [5.74, 6) is 0.455. The maximum atomic E-state index is 11.6. The van der Waals surface area contributed by atoms with Crippen molar-refractivity contribution in [1.29, 1.82) is 0 Å². The van der Waals surface area contributed by atoms with Gasteiger partial charge in [-0.1, -0.05) is 6.92 Å². The molecule has 1 saturated heterocycles. The molecule has 4 nitrogen and oxygen atoms in total. The summed E-state index contributed by atoms with van der Waals surface area (Å²) in [5, 5.41) is 0. The van der Waals surface area contributed by atoms with Gasteiger partial charge in [0.2, 0.25) is 0 Å². The van der Waals surface area contributed by atoms with E-state index in [2.05, 4.69) is 11.8 Å². The second-order valence-corrected chi connectivity index (χ2v) is 5.67. The van der Waals surface area contributed by atoms with E-state index in [9.17, 15) is 4.79 Å². The number of rotatable bonds is 3. The molecule has 2 N–H and O–H groups in total. The molecule has 0 bridgehead atoms. The lowest BCUT2D eigenvalue weighted by molar-refractivity contribution is -0.152. The fraction of sp³-hybridized carbons (Fsp3) is 0.917. The van der Waals surface area contributed by atoms with E-state index in [0.29, 0.717) is 5.92 Å². The lowest BCUT2D eigenvalue weighted by Crippen LogP contribution is -2.50. The average Bonchev–Trinajstić information content (AvgIpc) is 2.13. The number of ether oxygens (including phenoxy) is 1. The smallest absolute Gasteiger partial charge is 0.312 e. The van der Waals surface area contributed by atoms with Crippen LogP contribution in [0.1, 0.15) is 27.2 Å². The van der Waals surface area contributed by atoms with E-state index < -0.39 is 5.41 Å². The number of carbonyl (C=O) groups excluding carboxylic acids is 1. The van der Waals surface area contributed by atoms with Crippen molar-refractivity contribution in [2.75, 3.05) is 26.7 Å². The van der Waals surface area contributed by atoms with E-state index in [4.69, 9.17) is 10.5 Å². The van der Waals surface area contributed by atoms with E-state index >= 15 is 0 Å². The van der Waals surface area contributed by atoms with Crippen LogP contribution in [-0.2, 0) is 9.53 Å². The molecule has 16 heavy (non-hydrogen) atoms. The summed E-state index contributed by atoms with van der Waals surface area (Å²) in [6.45, 7) is 8.67. The topological polar surface area (TPSA) is 55.6 Å². The highest BCUT2D eigenvalue weighted by atomic mass is 16.5. The summed E-state index contributed by atoms with van der Waals surface area (Å²) in [7, 11) is 1.44. The van der Waals surface area contributed by atoms with Gasteiger partial charge in [0.25, 0.3) is 0 Å². The third-order valence-electron chi connectivity index (χ3n) is 3.12. The van der Waals surface area contributed by atoms with Gasteiger partial charge in [0, 0.05) is 25.7 Å². The third-order valence-corrected chi connectivity index (χ3v) is 3.12. The van der Waals surface area contributed by atoms with Gasteiger partial charge in [-0.05, 0) is 26.2 Å². The largest absolute Gasteiger partial charge is 0.469 e. The molecule has 94 valence electrons. The first kappa shape index (κ1) is 13.5. The fourth-order valence-corrected chi connectivity index (χ4v) is 2.54. The Hall–Kier alpha value is -0.610. The van der Waals surface area contributed by atoms with E-state index in [1.54, 1.807) is 0 Å². The van der Waals surface area contributed by atoms with Gasteiger partial charge in [-0.3, -0.25) is 4.79 Å². The predicted octanol–water partition coefficient (Wildman–Crippen LogP) is 0.855. The van der Waals surface area contributed by atoms with Gasteiger partial charge in [0.15, 0.2) is 0 Å². The van der Waals surface area contributed by atoms with Crippen LogP contribution in [0.4, 0.5) is 0 Å². The molecule has 2 unspecified atom stereocenters. The number of hydrogen-bond acceptors (Lipinski definition) is 4. The molecule has 0 radical (unpaired) electrons. The van der Waals surface area contributed by atoms with Crippen LogP contribution in [0.3, 0.4) is 0 Å². The molecule has 1 aliphatic rings. The summed E-state index contributed by atoms with van der Waals surface area (Å²) >= 11 is 0. The zero-order valence-corrected chi connectivity index (χ0v) is 10.8. The third kappa shape index (κ3) is 3.46. The number of carbonyl (C=O) groups is 1. The van der Waals surface area contributed by atoms with Crippen molar-refractivity contribution >= 4 is 5.97 Å². The van der Waals surface area contributed by atoms with Crippen molar-refractivity contribution < 1.29 is 9.53 Å². The van der Waals surface area contributed by atoms with Crippen LogP contribution in [0.2, 0.25) is 0 Å².